The molecule has 0 radical (unpaired) electrons. The molecule has 5 nitrogen and oxygen atoms in total. The normalized spacial score (nSPS) is 13.6. The van der Waals surface area contributed by atoms with Crippen molar-refractivity contribution in [2.45, 2.75) is 12.5 Å². The molecule has 1 rings (SSSR count). The molecule has 6 heteroatoms. The van der Waals surface area contributed by atoms with Crippen molar-refractivity contribution in [3.8, 4) is 5.75 Å². The summed E-state index contributed by atoms with van der Waals surface area (Å²) in [5, 5.41) is 12.8. The summed E-state index contributed by atoms with van der Waals surface area (Å²) in [5.74, 6) is -0.0668. The van der Waals surface area contributed by atoms with Crippen molar-refractivity contribution in [1.82, 2.24) is 0 Å². The van der Waals surface area contributed by atoms with Crippen LogP contribution in [0.4, 0.5) is 5.69 Å². The fraction of sp³-hybridized carbons (Fsp3) is 0.417. The molecule has 1 atom stereocenters. The highest BCUT2D eigenvalue weighted by atomic mass is 79.9. The zero-order valence-corrected chi connectivity index (χ0v) is 12.1. The molecular weight excluding hydrogens is 302 g/mol. The lowest BCUT2D eigenvalue weighted by Crippen LogP contribution is -2.42. The molecule has 0 aliphatic heterocycles. The summed E-state index contributed by atoms with van der Waals surface area (Å²) >= 11 is 3.34. The van der Waals surface area contributed by atoms with Crippen LogP contribution in [0.3, 0.4) is 0 Å². The second-order valence-corrected chi connectivity index (χ2v) is 4.88. The van der Waals surface area contributed by atoms with Gasteiger partial charge in [0.1, 0.15) is 5.75 Å². The van der Waals surface area contributed by atoms with E-state index >= 15 is 0 Å². The van der Waals surface area contributed by atoms with Crippen LogP contribution < -0.4 is 10.1 Å². The van der Waals surface area contributed by atoms with Gasteiger partial charge in [-0.15, -0.1) is 0 Å². The molecule has 0 aliphatic rings. The van der Waals surface area contributed by atoms with Crippen molar-refractivity contribution >= 4 is 27.6 Å². The summed E-state index contributed by atoms with van der Waals surface area (Å²) in [6, 6.07) is 5.41. The van der Waals surface area contributed by atoms with Gasteiger partial charge >= 0.3 is 5.97 Å². The lowest BCUT2D eigenvalue weighted by Gasteiger charge is -2.22. The van der Waals surface area contributed by atoms with Crippen LogP contribution in [0.5, 0.6) is 5.75 Å². The van der Waals surface area contributed by atoms with Crippen LogP contribution in [0.25, 0.3) is 0 Å². The molecule has 0 saturated heterocycles. The van der Waals surface area contributed by atoms with Crippen LogP contribution in [-0.4, -0.2) is 37.4 Å². The Balaban J connectivity index is 2.80. The lowest BCUT2D eigenvalue weighted by atomic mass is 10.1. The third-order valence-electron chi connectivity index (χ3n) is 2.41. The van der Waals surface area contributed by atoms with Gasteiger partial charge in [-0.1, -0.05) is 15.9 Å². The van der Waals surface area contributed by atoms with Crippen LogP contribution in [0, 0.1) is 0 Å². The summed E-state index contributed by atoms with van der Waals surface area (Å²) in [4.78, 5) is 11.3. The number of nitrogens with one attached hydrogen (secondary N) is 1. The largest absolute Gasteiger partial charge is 0.495 e. The van der Waals surface area contributed by atoms with Gasteiger partial charge in [0.05, 0.1) is 26.5 Å². The number of rotatable bonds is 5. The van der Waals surface area contributed by atoms with Crippen LogP contribution >= 0.6 is 15.9 Å². The van der Waals surface area contributed by atoms with Crippen molar-refractivity contribution in [1.29, 1.82) is 0 Å². The Labute approximate surface area is 114 Å². The van der Waals surface area contributed by atoms with Gasteiger partial charge in [-0.05, 0) is 25.1 Å². The Morgan fingerprint density at radius 1 is 1.50 bits per heavy atom. The Morgan fingerprint density at radius 3 is 2.72 bits per heavy atom. The minimum atomic E-state index is -1.60. The number of halogens is 1. The summed E-state index contributed by atoms with van der Waals surface area (Å²) in [6.07, 6.45) is 0. The number of hydrogen-bond acceptors (Lipinski definition) is 5. The fourth-order valence-corrected chi connectivity index (χ4v) is 1.74. The minimum Gasteiger partial charge on any atom is -0.495 e. The highest BCUT2D eigenvalue weighted by molar-refractivity contribution is 9.10. The van der Waals surface area contributed by atoms with Crippen molar-refractivity contribution in [2.75, 3.05) is 26.1 Å². The SMILES string of the molecule is COC(=O)C(C)(O)CNc1cc(Br)ccc1OC. The van der Waals surface area contributed by atoms with E-state index in [9.17, 15) is 9.90 Å². The molecule has 0 fully saturated rings. The smallest absolute Gasteiger partial charge is 0.339 e. The predicted molar refractivity (Wildman–Crippen MR) is 71.8 cm³/mol. The van der Waals surface area contributed by atoms with E-state index in [-0.39, 0.29) is 6.54 Å². The number of ether oxygens (including phenoxy) is 2. The Morgan fingerprint density at radius 2 is 2.17 bits per heavy atom. The van der Waals surface area contributed by atoms with E-state index in [2.05, 4.69) is 26.0 Å². The highest BCUT2D eigenvalue weighted by Crippen LogP contribution is 2.28. The third-order valence-corrected chi connectivity index (χ3v) is 2.90. The quantitative estimate of drug-likeness (QED) is 0.810. The van der Waals surface area contributed by atoms with Gasteiger partial charge in [-0.2, -0.15) is 0 Å². The predicted octanol–water partition coefficient (Wildman–Crippen LogP) is 1.79. The van der Waals surface area contributed by atoms with E-state index in [0.717, 1.165) is 4.47 Å². The van der Waals surface area contributed by atoms with Gasteiger partial charge in [0, 0.05) is 4.47 Å². The van der Waals surface area contributed by atoms with Gasteiger partial charge in [-0.3, -0.25) is 0 Å². The molecule has 1 aromatic rings. The van der Waals surface area contributed by atoms with Gasteiger partial charge in [0.2, 0.25) is 0 Å². The van der Waals surface area contributed by atoms with Gasteiger partial charge in [0.25, 0.3) is 0 Å². The number of anilines is 1. The van der Waals surface area contributed by atoms with Crippen molar-refractivity contribution < 1.29 is 19.4 Å². The molecule has 0 aliphatic carbocycles. The van der Waals surface area contributed by atoms with Crippen molar-refractivity contribution in [3.63, 3.8) is 0 Å². The molecule has 0 aromatic heterocycles. The third kappa shape index (κ3) is 3.61. The molecule has 0 bridgehead atoms. The monoisotopic (exact) mass is 317 g/mol. The number of esters is 1. The number of methoxy groups -OCH3 is 2. The zero-order valence-electron chi connectivity index (χ0n) is 10.5. The maximum Gasteiger partial charge on any atom is 0.339 e. The van der Waals surface area contributed by atoms with Gasteiger partial charge < -0.3 is 19.9 Å². The molecule has 0 heterocycles. The molecule has 1 aromatic carbocycles. The molecule has 100 valence electrons. The van der Waals surface area contributed by atoms with E-state index in [1.165, 1.54) is 14.0 Å². The standard InChI is InChI=1S/C12H16BrNO4/c1-12(16,11(15)18-3)7-14-9-6-8(13)4-5-10(9)17-2/h4-6,14,16H,7H2,1-3H3. The van der Waals surface area contributed by atoms with Crippen LogP contribution in [0.1, 0.15) is 6.92 Å². The van der Waals surface area contributed by atoms with Crippen molar-refractivity contribution in [3.05, 3.63) is 22.7 Å². The first kappa shape index (κ1) is 14.8. The summed E-state index contributed by atoms with van der Waals surface area (Å²) < 4.78 is 10.5. The maximum absolute atomic E-state index is 11.3. The summed E-state index contributed by atoms with van der Waals surface area (Å²) in [7, 11) is 2.78. The molecule has 18 heavy (non-hydrogen) atoms. The Bertz CT molecular complexity index is 434. The maximum atomic E-state index is 11.3. The summed E-state index contributed by atoms with van der Waals surface area (Å²) in [6.45, 7) is 1.41. The molecule has 1 unspecified atom stereocenters. The number of carbonyl (C=O) groups is 1. The van der Waals surface area contributed by atoms with Gasteiger partial charge in [-0.25, -0.2) is 4.79 Å². The molecule has 2 N–H and O–H groups in total. The average Bonchev–Trinajstić information content (AvgIpc) is 2.35. The average molecular weight is 318 g/mol. The van der Waals surface area contributed by atoms with E-state index in [4.69, 9.17) is 4.74 Å². The number of carbonyl (C=O) groups excluding carboxylic acids is 1. The molecule has 0 spiro atoms. The van der Waals surface area contributed by atoms with Gasteiger partial charge in [0.15, 0.2) is 5.60 Å². The Hall–Kier alpha value is -1.27. The number of benzene rings is 1. The first-order chi connectivity index (χ1) is 8.40. The number of hydrogen-bond donors (Lipinski definition) is 2. The highest BCUT2D eigenvalue weighted by Gasteiger charge is 2.31. The first-order valence-corrected chi connectivity index (χ1v) is 6.08. The topological polar surface area (TPSA) is 67.8 Å². The lowest BCUT2D eigenvalue weighted by molar-refractivity contribution is -0.158. The summed E-state index contributed by atoms with van der Waals surface area (Å²) in [5.41, 5.74) is -0.918. The first-order valence-electron chi connectivity index (χ1n) is 5.29. The fourth-order valence-electron chi connectivity index (χ4n) is 1.38. The molecule has 0 saturated carbocycles. The molecule has 0 amide bonds. The second kappa shape index (κ2) is 6.06. The van der Waals surface area contributed by atoms with E-state index in [1.54, 1.807) is 19.2 Å². The minimum absolute atomic E-state index is 0.0203. The van der Waals surface area contributed by atoms with Crippen molar-refractivity contribution in [2.24, 2.45) is 0 Å². The second-order valence-electron chi connectivity index (χ2n) is 3.96. The Kier molecular flexibility index (Phi) is 4.98. The zero-order chi connectivity index (χ0) is 13.8. The van der Waals surface area contributed by atoms with E-state index in [0.29, 0.717) is 11.4 Å². The van der Waals surface area contributed by atoms with E-state index < -0.39 is 11.6 Å². The number of aliphatic hydroxyl groups is 1. The van der Waals surface area contributed by atoms with E-state index in [1.807, 2.05) is 6.07 Å². The van der Waals surface area contributed by atoms with Crippen LogP contribution in [-0.2, 0) is 9.53 Å². The van der Waals surface area contributed by atoms with Crippen LogP contribution in [0.15, 0.2) is 22.7 Å². The molecular formula is C12H16BrNO4. The van der Waals surface area contributed by atoms with Crippen LogP contribution in [0.2, 0.25) is 0 Å².